The Hall–Kier alpha value is -3.14. The zero-order valence-corrected chi connectivity index (χ0v) is 14.7. The molecule has 2 aromatic carbocycles. The van der Waals surface area contributed by atoms with E-state index in [1.165, 1.54) is 10.9 Å². The summed E-state index contributed by atoms with van der Waals surface area (Å²) < 4.78 is 0. The van der Waals surface area contributed by atoms with Gasteiger partial charge in [0.15, 0.2) is 0 Å². The Balaban J connectivity index is 1.40. The van der Waals surface area contributed by atoms with Gasteiger partial charge in [0, 0.05) is 41.1 Å². The molecule has 0 fully saturated rings. The zero-order valence-electron chi connectivity index (χ0n) is 14.7. The summed E-state index contributed by atoms with van der Waals surface area (Å²) in [6, 6.07) is 18.2. The number of pyridine rings is 1. The van der Waals surface area contributed by atoms with Gasteiger partial charge in [-0.25, -0.2) is 0 Å². The summed E-state index contributed by atoms with van der Waals surface area (Å²) in [6.45, 7) is 2.46. The molecular formula is C22H21N3O. The molecule has 1 amide bonds. The minimum atomic E-state index is -0.0948. The number of nitrogens with one attached hydrogen (secondary N) is 2. The van der Waals surface area contributed by atoms with Crippen LogP contribution in [0.2, 0.25) is 0 Å². The van der Waals surface area contributed by atoms with E-state index < -0.39 is 0 Å². The molecule has 4 heteroatoms. The van der Waals surface area contributed by atoms with Gasteiger partial charge >= 0.3 is 0 Å². The van der Waals surface area contributed by atoms with Gasteiger partial charge in [0.25, 0.3) is 0 Å². The summed E-state index contributed by atoms with van der Waals surface area (Å²) in [5.41, 5.74) is 4.26. The first kappa shape index (κ1) is 16.3. The van der Waals surface area contributed by atoms with E-state index in [0.29, 0.717) is 13.0 Å². The van der Waals surface area contributed by atoms with Crippen molar-refractivity contribution in [1.82, 2.24) is 15.3 Å². The van der Waals surface area contributed by atoms with Gasteiger partial charge in [-0.1, -0.05) is 43.3 Å². The molecule has 0 aliphatic rings. The fraction of sp³-hybridized carbons (Fsp3) is 0.182. The van der Waals surface area contributed by atoms with E-state index in [2.05, 4.69) is 33.5 Å². The Morgan fingerprint density at radius 2 is 1.96 bits per heavy atom. The first-order valence-corrected chi connectivity index (χ1v) is 8.87. The molecular weight excluding hydrogens is 322 g/mol. The quantitative estimate of drug-likeness (QED) is 0.570. The lowest BCUT2D eigenvalue weighted by molar-refractivity contribution is -0.124. The number of benzene rings is 2. The Bertz CT molecular complexity index is 1070. The third kappa shape index (κ3) is 3.31. The molecule has 1 atom stereocenters. The van der Waals surface area contributed by atoms with Crippen molar-refractivity contribution < 1.29 is 4.79 Å². The molecule has 2 heterocycles. The summed E-state index contributed by atoms with van der Waals surface area (Å²) in [4.78, 5) is 20.2. The Kier molecular flexibility index (Phi) is 4.40. The summed E-state index contributed by atoms with van der Waals surface area (Å²) in [5, 5.41) is 5.31. The van der Waals surface area contributed by atoms with E-state index in [-0.39, 0.29) is 11.8 Å². The van der Waals surface area contributed by atoms with Gasteiger partial charge in [-0.3, -0.25) is 9.78 Å². The van der Waals surface area contributed by atoms with Crippen LogP contribution in [0.5, 0.6) is 0 Å². The standard InChI is InChI=1S/C22H21N3O/c1-15(10-18-14-24-21-9-5-3-7-19(18)21)22(26)25-13-16-11-17-6-2-4-8-20(17)23-12-16/h2-9,11-12,14-15,24H,10,13H2,1H3,(H,25,26). The van der Waals surface area contributed by atoms with Gasteiger partial charge < -0.3 is 10.3 Å². The molecule has 0 aliphatic carbocycles. The molecule has 4 rings (SSSR count). The van der Waals surface area contributed by atoms with E-state index in [9.17, 15) is 4.79 Å². The second-order valence-corrected chi connectivity index (χ2v) is 6.72. The normalized spacial score (nSPS) is 12.3. The maximum Gasteiger partial charge on any atom is 0.223 e. The van der Waals surface area contributed by atoms with Crippen LogP contribution < -0.4 is 5.32 Å². The summed E-state index contributed by atoms with van der Waals surface area (Å²) in [6.07, 6.45) is 4.54. The number of aromatic amines is 1. The van der Waals surface area contributed by atoms with Crippen LogP contribution in [0.25, 0.3) is 21.8 Å². The first-order valence-electron chi connectivity index (χ1n) is 8.87. The van der Waals surface area contributed by atoms with E-state index in [0.717, 1.165) is 22.0 Å². The average molecular weight is 343 g/mol. The minimum absolute atomic E-state index is 0.0587. The van der Waals surface area contributed by atoms with Crippen LogP contribution in [0.1, 0.15) is 18.1 Å². The maximum atomic E-state index is 12.5. The van der Waals surface area contributed by atoms with Crippen molar-refractivity contribution in [2.75, 3.05) is 0 Å². The SMILES string of the molecule is CC(Cc1c[nH]c2ccccc12)C(=O)NCc1cnc2ccccc2c1. The highest BCUT2D eigenvalue weighted by molar-refractivity contribution is 5.85. The van der Waals surface area contributed by atoms with Gasteiger partial charge in [-0.05, 0) is 35.7 Å². The summed E-state index contributed by atoms with van der Waals surface area (Å²) >= 11 is 0. The van der Waals surface area contributed by atoms with E-state index in [1.807, 2.05) is 55.7 Å². The molecule has 0 bridgehead atoms. The predicted octanol–water partition coefficient (Wildman–Crippen LogP) is 4.21. The van der Waals surface area contributed by atoms with Crippen LogP contribution in [0.15, 0.2) is 67.0 Å². The minimum Gasteiger partial charge on any atom is -0.361 e. The molecule has 2 aromatic heterocycles. The third-order valence-electron chi connectivity index (χ3n) is 4.76. The highest BCUT2D eigenvalue weighted by Gasteiger charge is 2.15. The molecule has 0 saturated heterocycles. The van der Waals surface area contributed by atoms with Crippen LogP contribution in [0, 0.1) is 5.92 Å². The zero-order chi connectivity index (χ0) is 17.9. The molecule has 0 aliphatic heterocycles. The van der Waals surface area contributed by atoms with E-state index in [1.54, 1.807) is 0 Å². The van der Waals surface area contributed by atoms with Crippen LogP contribution in [-0.2, 0) is 17.8 Å². The number of rotatable bonds is 5. The van der Waals surface area contributed by atoms with Crippen molar-refractivity contribution >= 4 is 27.7 Å². The lowest BCUT2D eigenvalue weighted by Crippen LogP contribution is -2.29. The number of nitrogens with zero attached hydrogens (tertiary/aromatic N) is 1. The molecule has 0 saturated carbocycles. The third-order valence-corrected chi connectivity index (χ3v) is 4.76. The Labute approximate surface area is 152 Å². The lowest BCUT2D eigenvalue weighted by Gasteiger charge is -2.12. The first-order chi connectivity index (χ1) is 12.7. The van der Waals surface area contributed by atoms with Gasteiger partial charge in [0.1, 0.15) is 0 Å². The van der Waals surface area contributed by atoms with Gasteiger partial charge in [0.05, 0.1) is 5.52 Å². The van der Waals surface area contributed by atoms with Crippen molar-refractivity contribution in [3.05, 3.63) is 78.1 Å². The Morgan fingerprint density at radius 3 is 2.88 bits per heavy atom. The number of amides is 1. The highest BCUT2D eigenvalue weighted by Crippen LogP contribution is 2.21. The monoisotopic (exact) mass is 343 g/mol. The number of H-pyrrole nitrogens is 1. The molecule has 130 valence electrons. The molecule has 0 spiro atoms. The molecule has 4 nitrogen and oxygen atoms in total. The van der Waals surface area contributed by atoms with Gasteiger partial charge in [-0.2, -0.15) is 0 Å². The highest BCUT2D eigenvalue weighted by atomic mass is 16.1. The smallest absolute Gasteiger partial charge is 0.223 e. The van der Waals surface area contributed by atoms with Gasteiger partial charge in [0.2, 0.25) is 5.91 Å². The number of carbonyl (C=O) groups is 1. The van der Waals surface area contributed by atoms with Gasteiger partial charge in [-0.15, -0.1) is 0 Å². The maximum absolute atomic E-state index is 12.5. The summed E-state index contributed by atoms with van der Waals surface area (Å²) in [5.74, 6) is -0.0361. The fourth-order valence-corrected chi connectivity index (χ4v) is 3.30. The molecule has 0 radical (unpaired) electrons. The topological polar surface area (TPSA) is 57.8 Å². The number of hydrogen-bond donors (Lipinski definition) is 2. The van der Waals surface area contributed by atoms with Crippen molar-refractivity contribution in [1.29, 1.82) is 0 Å². The van der Waals surface area contributed by atoms with E-state index >= 15 is 0 Å². The van der Waals surface area contributed by atoms with Crippen LogP contribution in [-0.4, -0.2) is 15.9 Å². The molecule has 4 aromatic rings. The van der Waals surface area contributed by atoms with Crippen molar-refractivity contribution in [3.8, 4) is 0 Å². The number of carbonyl (C=O) groups excluding carboxylic acids is 1. The second-order valence-electron chi connectivity index (χ2n) is 6.72. The van der Waals surface area contributed by atoms with Crippen molar-refractivity contribution in [2.24, 2.45) is 5.92 Å². The van der Waals surface area contributed by atoms with Crippen molar-refractivity contribution in [2.45, 2.75) is 19.9 Å². The number of fused-ring (bicyclic) bond motifs is 2. The Morgan fingerprint density at radius 1 is 1.15 bits per heavy atom. The lowest BCUT2D eigenvalue weighted by atomic mass is 10.00. The number of aromatic nitrogens is 2. The van der Waals surface area contributed by atoms with Crippen LogP contribution in [0.4, 0.5) is 0 Å². The average Bonchev–Trinajstić information content (AvgIpc) is 3.09. The molecule has 2 N–H and O–H groups in total. The number of para-hydroxylation sites is 2. The molecule has 26 heavy (non-hydrogen) atoms. The fourth-order valence-electron chi connectivity index (χ4n) is 3.30. The van der Waals surface area contributed by atoms with Crippen molar-refractivity contribution in [3.63, 3.8) is 0 Å². The number of hydrogen-bond acceptors (Lipinski definition) is 2. The second kappa shape index (κ2) is 7.00. The molecule has 1 unspecified atom stereocenters. The largest absolute Gasteiger partial charge is 0.361 e. The predicted molar refractivity (Wildman–Crippen MR) is 105 cm³/mol. The summed E-state index contributed by atoms with van der Waals surface area (Å²) in [7, 11) is 0. The van der Waals surface area contributed by atoms with E-state index in [4.69, 9.17) is 0 Å². The van der Waals surface area contributed by atoms with Crippen LogP contribution >= 0.6 is 0 Å². The van der Waals surface area contributed by atoms with Crippen LogP contribution in [0.3, 0.4) is 0 Å².